The molecule has 1 aliphatic carbocycles. The normalized spacial score (nSPS) is 23.4. The summed E-state index contributed by atoms with van der Waals surface area (Å²) in [5.41, 5.74) is 1.54. The number of nitrogens with zero attached hydrogens (tertiary/aromatic N) is 1. The molecule has 4 unspecified atom stereocenters. The molecule has 4 atom stereocenters. The second kappa shape index (κ2) is 12.1. The van der Waals surface area contributed by atoms with Gasteiger partial charge in [-0.15, -0.1) is 11.3 Å². The molecule has 2 heterocycles. The number of nitrogens with one attached hydrogen (secondary N) is 1. The van der Waals surface area contributed by atoms with E-state index < -0.39 is 29.9 Å². The highest BCUT2D eigenvalue weighted by Crippen LogP contribution is 2.52. The Balaban J connectivity index is 1.60. The van der Waals surface area contributed by atoms with Gasteiger partial charge in [-0.1, -0.05) is 67.8 Å². The van der Waals surface area contributed by atoms with Crippen LogP contribution in [0, 0.1) is 17.7 Å². The summed E-state index contributed by atoms with van der Waals surface area (Å²) in [7, 11) is 1.35. The smallest absolute Gasteiger partial charge is 0.311 e. The van der Waals surface area contributed by atoms with E-state index in [2.05, 4.69) is 5.32 Å². The number of likely N-dealkylation sites (tertiary alicyclic amines) is 1. The number of carbonyl (C=O) groups is 3. The molecule has 204 valence electrons. The summed E-state index contributed by atoms with van der Waals surface area (Å²) >= 11 is 1.47. The van der Waals surface area contributed by atoms with Gasteiger partial charge in [0.2, 0.25) is 11.8 Å². The number of halogens is 1. The molecule has 8 heteroatoms. The zero-order chi connectivity index (χ0) is 27.4. The number of hydrogen-bond acceptors (Lipinski definition) is 5. The standard InChI is InChI=1S/C31H33FN2O4S/c1-38-31(37)26-25(21-9-4-2-5-10-21)28(29(35)33-19-20-14-16-23(32)17-15-20)34(27(26)24-13-8-18-39-24)30(36)22-11-6-3-7-12-22/h2,4-5,8-10,13-18,22,25-28H,3,6-7,11-12,19H2,1H3,(H,33,35). The molecule has 0 spiro atoms. The van der Waals surface area contributed by atoms with E-state index in [1.807, 2.05) is 47.8 Å². The summed E-state index contributed by atoms with van der Waals surface area (Å²) in [6, 6.07) is 17.7. The van der Waals surface area contributed by atoms with Gasteiger partial charge in [0.05, 0.1) is 19.1 Å². The summed E-state index contributed by atoms with van der Waals surface area (Å²) in [6.45, 7) is 0.176. The van der Waals surface area contributed by atoms with E-state index in [9.17, 15) is 18.8 Å². The minimum atomic E-state index is -0.918. The zero-order valence-corrected chi connectivity index (χ0v) is 22.7. The van der Waals surface area contributed by atoms with Gasteiger partial charge in [0.25, 0.3) is 0 Å². The number of benzene rings is 2. The lowest BCUT2D eigenvalue weighted by atomic mass is 9.81. The molecular weight excluding hydrogens is 515 g/mol. The monoisotopic (exact) mass is 548 g/mol. The summed E-state index contributed by atoms with van der Waals surface area (Å²) < 4.78 is 18.8. The van der Waals surface area contributed by atoms with E-state index >= 15 is 0 Å². The van der Waals surface area contributed by atoms with Crippen molar-refractivity contribution in [3.05, 3.63) is 93.9 Å². The van der Waals surface area contributed by atoms with Crippen molar-refractivity contribution >= 4 is 29.1 Å². The highest BCUT2D eigenvalue weighted by atomic mass is 32.1. The average molecular weight is 549 g/mol. The van der Waals surface area contributed by atoms with Crippen LogP contribution in [0.3, 0.4) is 0 Å². The largest absolute Gasteiger partial charge is 0.469 e. The van der Waals surface area contributed by atoms with Crippen molar-refractivity contribution in [2.24, 2.45) is 11.8 Å². The molecule has 39 heavy (non-hydrogen) atoms. The van der Waals surface area contributed by atoms with Crippen LogP contribution in [-0.4, -0.2) is 35.8 Å². The predicted molar refractivity (Wildman–Crippen MR) is 147 cm³/mol. The van der Waals surface area contributed by atoms with Crippen molar-refractivity contribution < 1.29 is 23.5 Å². The summed E-state index contributed by atoms with van der Waals surface area (Å²) in [5, 5.41) is 4.91. The van der Waals surface area contributed by atoms with Crippen molar-refractivity contribution in [2.75, 3.05) is 7.11 Å². The maximum atomic E-state index is 14.3. The molecule has 6 nitrogen and oxygen atoms in total. The predicted octanol–water partition coefficient (Wildman–Crippen LogP) is 5.61. The number of hydrogen-bond donors (Lipinski definition) is 1. The van der Waals surface area contributed by atoms with Gasteiger partial charge >= 0.3 is 5.97 Å². The summed E-state index contributed by atoms with van der Waals surface area (Å²) in [5.74, 6) is -2.78. The van der Waals surface area contributed by atoms with Gasteiger partial charge in [-0.05, 0) is 47.5 Å². The van der Waals surface area contributed by atoms with Crippen molar-refractivity contribution in [1.29, 1.82) is 0 Å². The van der Waals surface area contributed by atoms with Gasteiger partial charge in [0.15, 0.2) is 0 Å². The molecule has 1 saturated heterocycles. The Morgan fingerprint density at radius 2 is 1.69 bits per heavy atom. The van der Waals surface area contributed by atoms with Crippen LogP contribution < -0.4 is 5.32 Å². The molecule has 1 aliphatic heterocycles. The number of carbonyl (C=O) groups excluding carboxylic acids is 3. The fourth-order valence-electron chi connectivity index (χ4n) is 6.18. The highest BCUT2D eigenvalue weighted by Gasteiger charge is 2.58. The highest BCUT2D eigenvalue weighted by molar-refractivity contribution is 7.10. The quantitative estimate of drug-likeness (QED) is 0.390. The van der Waals surface area contributed by atoms with Gasteiger partial charge in [0.1, 0.15) is 11.9 Å². The Kier molecular flexibility index (Phi) is 8.41. The first-order valence-corrected chi connectivity index (χ1v) is 14.4. The van der Waals surface area contributed by atoms with E-state index in [0.717, 1.165) is 48.1 Å². The Morgan fingerprint density at radius 3 is 2.33 bits per heavy atom. The van der Waals surface area contributed by atoms with E-state index in [1.54, 1.807) is 17.0 Å². The first-order chi connectivity index (χ1) is 19.0. The summed E-state index contributed by atoms with van der Waals surface area (Å²) in [4.78, 5) is 44.5. The van der Waals surface area contributed by atoms with Crippen LogP contribution in [0.2, 0.25) is 0 Å². The third-order valence-corrected chi connectivity index (χ3v) is 8.96. The molecule has 5 rings (SSSR count). The minimum absolute atomic E-state index is 0.0811. The SMILES string of the molecule is COC(=O)C1C(c2ccccc2)C(C(=O)NCc2ccc(F)cc2)N(C(=O)C2CCCCC2)C1c1cccs1. The van der Waals surface area contributed by atoms with E-state index in [4.69, 9.17) is 4.74 Å². The van der Waals surface area contributed by atoms with E-state index in [-0.39, 0.29) is 30.1 Å². The Labute approximate surface area is 232 Å². The van der Waals surface area contributed by atoms with Crippen LogP contribution in [0.25, 0.3) is 0 Å². The third kappa shape index (κ3) is 5.62. The van der Waals surface area contributed by atoms with Crippen LogP contribution >= 0.6 is 11.3 Å². The maximum absolute atomic E-state index is 14.3. The van der Waals surface area contributed by atoms with Gasteiger partial charge < -0.3 is 15.0 Å². The Morgan fingerprint density at radius 1 is 0.974 bits per heavy atom. The van der Waals surface area contributed by atoms with Crippen LogP contribution in [-0.2, 0) is 25.7 Å². The molecule has 3 aromatic rings. The van der Waals surface area contributed by atoms with Crippen LogP contribution in [0.15, 0.2) is 72.1 Å². The molecule has 2 aromatic carbocycles. The van der Waals surface area contributed by atoms with Crippen molar-refractivity contribution in [2.45, 2.75) is 56.7 Å². The molecule has 2 aliphatic rings. The topological polar surface area (TPSA) is 75.7 Å². The van der Waals surface area contributed by atoms with Crippen LogP contribution in [0.1, 0.15) is 60.1 Å². The molecule has 1 aromatic heterocycles. The lowest BCUT2D eigenvalue weighted by Gasteiger charge is -2.35. The number of esters is 1. The Hall–Kier alpha value is -3.52. The first-order valence-electron chi connectivity index (χ1n) is 13.5. The van der Waals surface area contributed by atoms with Crippen molar-refractivity contribution in [3.63, 3.8) is 0 Å². The van der Waals surface area contributed by atoms with Crippen LogP contribution in [0.4, 0.5) is 4.39 Å². The summed E-state index contributed by atoms with van der Waals surface area (Å²) in [6.07, 6.45) is 4.58. The molecule has 0 bridgehead atoms. The van der Waals surface area contributed by atoms with E-state index in [1.165, 1.54) is 30.6 Å². The van der Waals surface area contributed by atoms with Crippen LogP contribution in [0.5, 0.6) is 0 Å². The second-order valence-corrected chi connectivity index (χ2v) is 11.3. The zero-order valence-electron chi connectivity index (χ0n) is 21.9. The molecular formula is C31H33FN2O4S. The van der Waals surface area contributed by atoms with Gasteiger partial charge in [0, 0.05) is 23.3 Å². The van der Waals surface area contributed by atoms with Crippen molar-refractivity contribution in [1.82, 2.24) is 10.2 Å². The minimum Gasteiger partial charge on any atom is -0.469 e. The van der Waals surface area contributed by atoms with Crippen molar-refractivity contribution in [3.8, 4) is 0 Å². The average Bonchev–Trinajstić information content (AvgIpc) is 3.63. The number of methoxy groups -OCH3 is 1. The molecule has 0 radical (unpaired) electrons. The fraction of sp³-hybridized carbons (Fsp3) is 0.387. The van der Waals surface area contributed by atoms with Gasteiger partial charge in [-0.3, -0.25) is 14.4 Å². The third-order valence-electron chi connectivity index (χ3n) is 8.02. The Bertz CT molecular complexity index is 1280. The fourth-order valence-corrected chi connectivity index (χ4v) is 7.05. The lowest BCUT2D eigenvalue weighted by molar-refractivity contribution is -0.148. The number of ether oxygens (including phenoxy) is 1. The maximum Gasteiger partial charge on any atom is 0.311 e. The number of rotatable bonds is 7. The molecule has 1 saturated carbocycles. The molecule has 2 fully saturated rings. The lowest BCUT2D eigenvalue weighted by Crippen LogP contribution is -2.50. The van der Waals surface area contributed by atoms with E-state index in [0.29, 0.717) is 0 Å². The second-order valence-electron chi connectivity index (χ2n) is 10.3. The van der Waals surface area contributed by atoms with Gasteiger partial charge in [-0.25, -0.2) is 4.39 Å². The van der Waals surface area contributed by atoms with Gasteiger partial charge in [-0.2, -0.15) is 0 Å². The molecule has 2 amide bonds. The number of amides is 2. The molecule has 1 N–H and O–H groups in total. The first kappa shape index (κ1) is 27.1. The number of thiophene rings is 1.